The Hall–Kier alpha value is -4.49. The van der Waals surface area contributed by atoms with Crippen molar-refractivity contribution in [3.8, 4) is 0 Å². The summed E-state index contributed by atoms with van der Waals surface area (Å²) in [4.78, 5) is 49.7. The van der Waals surface area contributed by atoms with Crippen LogP contribution in [0.25, 0.3) is 0 Å². The first-order chi connectivity index (χ1) is 21.8. The van der Waals surface area contributed by atoms with E-state index in [-0.39, 0.29) is 30.1 Å². The van der Waals surface area contributed by atoms with Gasteiger partial charge in [-0.15, -0.1) is 0 Å². The maximum absolute atomic E-state index is 13.2. The Balaban J connectivity index is -0.000000679. The molecule has 1 aliphatic rings. The molecule has 0 atom stereocenters. The molecule has 1 heterocycles. The van der Waals surface area contributed by atoms with Crippen LogP contribution in [0.2, 0.25) is 0 Å². The van der Waals surface area contributed by atoms with Crippen molar-refractivity contribution in [1.82, 2.24) is 14.7 Å². The SMILES string of the molecule is CC.CN.CN1CCN(C(=O)CN([C-]=O)CCOCCN)CC1.CS.N=C(Cc1ccc(F)c(C=O)c1)c1ccccc1C=O.[Fm]. The molecule has 0 aliphatic carbocycles. The quantitative estimate of drug-likeness (QED) is 0.0595. The molecular weight excluding hydrogens is 856 g/mol. The zero-order chi connectivity index (χ0) is 34.6. The third-order valence-electron chi connectivity index (χ3n) is 6.06. The number of nitrogens with one attached hydrogen (secondary N) is 1. The first-order valence-corrected chi connectivity index (χ1v) is 15.5. The van der Waals surface area contributed by atoms with Gasteiger partial charge in [0.15, 0.2) is 12.6 Å². The van der Waals surface area contributed by atoms with Crippen LogP contribution >= 0.6 is 12.6 Å². The number of amides is 2. The summed E-state index contributed by atoms with van der Waals surface area (Å²) in [5.41, 5.74) is 11.6. The van der Waals surface area contributed by atoms with E-state index in [1.807, 2.05) is 20.9 Å². The summed E-state index contributed by atoms with van der Waals surface area (Å²) < 4.78 is 18.4. The fourth-order valence-electron chi connectivity index (χ4n) is 3.80. The predicted octanol–water partition coefficient (Wildman–Crippen LogP) is 2.31. The summed E-state index contributed by atoms with van der Waals surface area (Å²) in [5.74, 6) is -0.612. The molecule has 14 heteroatoms. The second kappa shape index (κ2) is 29.2. The average Bonchev–Trinajstić information content (AvgIpc) is 3.10. The number of carbonyl (C=O) groups excluding carboxylic acids is 4. The van der Waals surface area contributed by atoms with Crippen LogP contribution in [0.15, 0.2) is 42.5 Å². The smallest absolute Gasteiger partial charge is 0.239 e. The first-order valence-electron chi connectivity index (χ1n) is 14.6. The molecule has 1 fully saturated rings. The minimum Gasteiger partial charge on any atom is -0.520 e. The van der Waals surface area contributed by atoms with Gasteiger partial charge in [-0.25, -0.2) is 4.39 Å². The largest absolute Gasteiger partial charge is 0.520 e. The average molecular weight is 907 g/mol. The predicted molar refractivity (Wildman–Crippen MR) is 182 cm³/mol. The molecule has 0 radical (unpaired) electrons. The van der Waals surface area contributed by atoms with Crippen LogP contribution in [0.5, 0.6) is 0 Å². The van der Waals surface area contributed by atoms with Crippen molar-refractivity contribution < 1.29 is 28.3 Å². The molecule has 3 rings (SSSR count). The number of piperazine rings is 1. The van der Waals surface area contributed by atoms with Gasteiger partial charge in [0.05, 0.1) is 25.3 Å². The molecule has 0 saturated carbocycles. The minimum atomic E-state index is -0.580. The number of benzene rings is 2. The molecule has 5 N–H and O–H groups in total. The van der Waals surface area contributed by atoms with E-state index < -0.39 is 5.82 Å². The number of halogens is 1. The van der Waals surface area contributed by atoms with Gasteiger partial charge in [0.2, 0.25) is 5.91 Å². The number of ether oxygens (including phenoxy) is 1. The van der Waals surface area contributed by atoms with E-state index in [0.29, 0.717) is 68.7 Å². The van der Waals surface area contributed by atoms with Crippen molar-refractivity contribution >= 4 is 43.2 Å². The van der Waals surface area contributed by atoms with Crippen LogP contribution in [0, 0.1) is 11.2 Å². The van der Waals surface area contributed by atoms with Gasteiger partial charge in [0, 0.05) is 62.5 Å². The molecule has 2 aromatic rings. The van der Waals surface area contributed by atoms with Gasteiger partial charge in [-0.2, -0.15) is 19.0 Å². The number of nitrogens with zero attached hydrogens (tertiary/aromatic N) is 3. The summed E-state index contributed by atoms with van der Waals surface area (Å²) >= 11 is 3.53. The van der Waals surface area contributed by atoms with Crippen LogP contribution < -0.4 is 11.5 Å². The summed E-state index contributed by atoms with van der Waals surface area (Å²) in [5, 5.41) is 8.05. The van der Waals surface area contributed by atoms with E-state index >= 15 is 0 Å². The zero-order valence-electron chi connectivity index (χ0n) is 27.4. The number of carbonyl (C=O) groups is 3. The van der Waals surface area contributed by atoms with E-state index in [4.69, 9.17) is 15.9 Å². The van der Waals surface area contributed by atoms with Gasteiger partial charge < -0.3 is 41.1 Å². The van der Waals surface area contributed by atoms with Gasteiger partial charge >= 0.3 is 0 Å². The van der Waals surface area contributed by atoms with Gasteiger partial charge in [0.1, 0.15) is 5.82 Å². The fraction of sp³-hybridized carbons (Fsp3) is 0.469. The Kier molecular flexibility index (Phi) is 29.2. The molecule has 0 spiro atoms. The Bertz CT molecular complexity index is 1140. The first kappa shape index (κ1) is 45.9. The molecule has 2 amide bonds. The van der Waals surface area contributed by atoms with Gasteiger partial charge in [-0.3, -0.25) is 14.4 Å². The summed E-state index contributed by atoms with van der Waals surface area (Å²) in [6, 6.07) is 11.0. The van der Waals surface area contributed by atoms with Crippen LogP contribution in [0.4, 0.5) is 4.39 Å². The van der Waals surface area contributed by atoms with E-state index in [0.717, 1.165) is 13.1 Å². The minimum absolute atomic E-state index is 0. The Morgan fingerprint density at radius 1 is 1.04 bits per heavy atom. The molecule has 0 unspecified atom stereocenters. The van der Waals surface area contributed by atoms with Crippen LogP contribution in [-0.2, 0) is 20.7 Å². The van der Waals surface area contributed by atoms with Gasteiger partial charge in [-0.05, 0) is 38.0 Å². The summed E-state index contributed by atoms with van der Waals surface area (Å²) in [6.45, 7) is 8.89. The summed E-state index contributed by atoms with van der Waals surface area (Å²) in [7, 11) is 3.53. The number of nitrogens with two attached hydrogens (primary N) is 2. The van der Waals surface area contributed by atoms with Crippen molar-refractivity contribution in [3.63, 3.8) is 0 Å². The van der Waals surface area contributed by atoms with Crippen LogP contribution in [0.3, 0.4) is 0 Å². The number of aldehydes is 2. The Labute approximate surface area is 273 Å². The molecule has 0 bridgehead atoms. The van der Waals surface area contributed by atoms with Crippen molar-refractivity contribution in [2.75, 3.05) is 79.4 Å². The molecule has 11 nitrogen and oxygen atoms in total. The number of thiol groups is 1. The van der Waals surface area contributed by atoms with E-state index in [9.17, 15) is 23.6 Å². The Morgan fingerprint density at radius 2 is 1.63 bits per heavy atom. The van der Waals surface area contributed by atoms with E-state index in [1.165, 1.54) is 30.1 Å². The molecular formula is C32H50FFmN6O5S-. The topological polar surface area (TPSA) is 163 Å². The van der Waals surface area contributed by atoms with E-state index in [2.05, 4.69) is 23.3 Å². The maximum Gasteiger partial charge on any atom is 0.239 e. The monoisotopic (exact) mass is 906 g/mol. The number of likely N-dealkylation sites (N-methyl/N-ethyl adjacent to an activating group) is 1. The molecule has 0 aromatic heterocycles. The third kappa shape index (κ3) is 17.7. The van der Waals surface area contributed by atoms with Crippen molar-refractivity contribution in [2.24, 2.45) is 11.5 Å². The summed E-state index contributed by atoms with van der Waals surface area (Å²) in [6.07, 6.45) is 4.84. The molecule has 1 saturated heterocycles. The standard InChI is InChI=1S/C16H12FNO2.C12H23N4O3.C2H6.CH5N.CH4S.Fm/c17-15-6-5-11(7-13(15)10-20)8-16(18)14-4-2-1-3-12(14)9-19;1-14-3-5-16(6-4-14)12(18)10-15(11-17)7-9-19-8-2-13;3*1-2;/h1-7,9-10,18H,8H2;2-10,13H2,1H3;1-2H3;2H2,1H3;2H,1H3;/q;-1;;;;. The zero-order valence-corrected chi connectivity index (χ0v) is 30.7. The number of hydrogen-bond donors (Lipinski definition) is 4. The second-order valence-corrected chi connectivity index (χ2v) is 8.93. The molecule has 46 heavy (non-hydrogen) atoms. The van der Waals surface area contributed by atoms with Crippen molar-refractivity contribution in [1.29, 1.82) is 5.41 Å². The molecule has 1 aliphatic heterocycles. The Morgan fingerprint density at radius 3 is 2.17 bits per heavy atom. The number of rotatable bonds is 13. The molecule has 264 valence electrons. The van der Waals surface area contributed by atoms with Gasteiger partial charge in [-0.1, -0.05) is 44.2 Å². The maximum atomic E-state index is 13.2. The van der Waals surface area contributed by atoms with Crippen LogP contribution in [-0.4, -0.2) is 125 Å². The normalized spacial score (nSPS) is 11.5. The van der Waals surface area contributed by atoms with Gasteiger partial charge in [0.25, 0.3) is 0 Å². The number of hydrogen-bond acceptors (Lipinski definition) is 10. The van der Waals surface area contributed by atoms with Crippen molar-refractivity contribution in [2.45, 2.75) is 20.3 Å². The fourth-order valence-corrected chi connectivity index (χ4v) is 3.80. The second-order valence-electron chi connectivity index (χ2n) is 8.93. The van der Waals surface area contributed by atoms with E-state index in [1.54, 1.807) is 41.8 Å². The third-order valence-corrected chi connectivity index (χ3v) is 6.06. The van der Waals surface area contributed by atoms with Crippen molar-refractivity contribution in [3.05, 3.63) is 70.5 Å². The molecule has 2 aromatic carbocycles. The van der Waals surface area contributed by atoms with Crippen LogP contribution in [0.1, 0.15) is 45.7 Å².